The summed E-state index contributed by atoms with van der Waals surface area (Å²) >= 11 is 0. The predicted octanol–water partition coefficient (Wildman–Crippen LogP) is 3.62. The Morgan fingerprint density at radius 3 is 3.00 bits per heavy atom. The minimum absolute atomic E-state index is 0.886. The molecule has 22 heavy (non-hydrogen) atoms. The third-order valence-electron chi connectivity index (χ3n) is 3.93. The Hall–Kier alpha value is -2.75. The molecule has 4 rings (SSSR count). The van der Waals surface area contributed by atoms with E-state index in [4.69, 9.17) is 4.99 Å². The molecule has 0 saturated heterocycles. The minimum atomic E-state index is 0.886. The molecule has 0 spiro atoms. The van der Waals surface area contributed by atoms with E-state index in [0.717, 1.165) is 47.3 Å². The van der Waals surface area contributed by atoms with Crippen molar-refractivity contribution in [2.75, 3.05) is 6.54 Å². The first-order valence-electron chi connectivity index (χ1n) is 7.50. The summed E-state index contributed by atoms with van der Waals surface area (Å²) in [6, 6.07) is 8.09. The van der Waals surface area contributed by atoms with Gasteiger partial charge in [-0.05, 0) is 48.8 Å². The molecular weight excluding hydrogens is 272 g/mol. The van der Waals surface area contributed by atoms with Gasteiger partial charge in [0.05, 0.1) is 5.71 Å². The van der Waals surface area contributed by atoms with Crippen molar-refractivity contribution in [3.05, 3.63) is 65.8 Å². The first kappa shape index (κ1) is 13.0. The fourth-order valence-electron chi connectivity index (χ4n) is 2.88. The lowest BCUT2D eigenvalue weighted by molar-refractivity contribution is 0.818. The number of nitrogens with one attached hydrogen (secondary N) is 1. The molecule has 4 nitrogen and oxygen atoms in total. The summed E-state index contributed by atoms with van der Waals surface area (Å²) < 4.78 is 0. The minimum Gasteiger partial charge on any atom is -0.346 e. The molecule has 1 aliphatic rings. The van der Waals surface area contributed by atoms with Crippen LogP contribution in [-0.4, -0.2) is 27.2 Å². The molecular formula is C18H16N4. The van der Waals surface area contributed by atoms with Gasteiger partial charge in [0.2, 0.25) is 0 Å². The maximum atomic E-state index is 4.72. The van der Waals surface area contributed by atoms with Crippen LogP contribution in [0.25, 0.3) is 17.1 Å². The van der Waals surface area contributed by atoms with Crippen LogP contribution in [0.3, 0.4) is 0 Å². The average Bonchev–Trinajstić information content (AvgIpc) is 2.99. The summed E-state index contributed by atoms with van der Waals surface area (Å²) in [5.41, 5.74) is 5.51. The summed E-state index contributed by atoms with van der Waals surface area (Å²) in [6.07, 6.45) is 11.9. The second kappa shape index (κ2) is 5.56. The van der Waals surface area contributed by atoms with Crippen LogP contribution < -0.4 is 0 Å². The highest BCUT2D eigenvalue weighted by atomic mass is 14.8. The van der Waals surface area contributed by atoms with Gasteiger partial charge in [-0.15, -0.1) is 0 Å². The van der Waals surface area contributed by atoms with E-state index in [1.807, 2.05) is 24.5 Å². The molecule has 1 aliphatic heterocycles. The number of fused-ring (bicyclic) bond motifs is 1. The summed E-state index contributed by atoms with van der Waals surface area (Å²) in [4.78, 5) is 16.5. The highest BCUT2D eigenvalue weighted by Gasteiger charge is 2.15. The number of H-pyrrole nitrogens is 1. The summed E-state index contributed by atoms with van der Waals surface area (Å²) in [5, 5.41) is 1.14. The van der Waals surface area contributed by atoms with Crippen LogP contribution in [0.1, 0.15) is 24.0 Å². The number of nitrogens with zero attached hydrogens (tertiary/aromatic N) is 3. The molecule has 0 unspecified atom stereocenters. The fourth-order valence-corrected chi connectivity index (χ4v) is 2.88. The van der Waals surface area contributed by atoms with Crippen molar-refractivity contribution in [2.45, 2.75) is 12.8 Å². The molecule has 3 aromatic heterocycles. The Balaban J connectivity index is 1.80. The van der Waals surface area contributed by atoms with Gasteiger partial charge in [-0.25, -0.2) is 4.98 Å². The standard InChI is InChI=1S/C18H16N4/c1-5-14(11-19-7-1)17-13(4-2-8-20-17)10-15-12-22-18-16(15)6-3-9-21-18/h1,3,5-7,9-12H,2,4,8H2,(H,21,22). The smallest absolute Gasteiger partial charge is 0.137 e. The lowest BCUT2D eigenvalue weighted by Crippen LogP contribution is -2.11. The first-order valence-corrected chi connectivity index (χ1v) is 7.50. The van der Waals surface area contributed by atoms with Gasteiger partial charge in [-0.1, -0.05) is 0 Å². The number of aromatic nitrogens is 3. The molecule has 3 aromatic rings. The van der Waals surface area contributed by atoms with Crippen molar-refractivity contribution in [3.63, 3.8) is 0 Å². The van der Waals surface area contributed by atoms with E-state index in [9.17, 15) is 0 Å². The van der Waals surface area contributed by atoms with Crippen LogP contribution >= 0.6 is 0 Å². The Labute approximate surface area is 128 Å². The maximum absolute atomic E-state index is 4.72. The van der Waals surface area contributed by atoms with Crippen LogP contribution in [0, 0.1) is 0 Å². The van der Waals surface area contributed by atoms with E-state index in [1.165, 1.54) is 5.57 Å². The van der Waals surface area contributed by atoms with Crippen molar-refractivity contribution in [1.29, 1.82) is 0 Å². The summed E-state index contributed by atoms with van der Waals surface area (Å²) in [7, 11) is 0. The number of aromatic amines is 1. The third kappa shape index (κ3) is 2.33. The molecule has 0 atom stereocenters. The highest BCUT2D eigenvalue weighted by Crippen LogP contribution is 2.25. The summed E-state index contributed by atoms with van der Waals surface area (Å²) in [5.74, 6) is 0. The highest BCUT2D eigenvalue weighted by molar-refractivity contribution is 6.15. The van der Waals surface area contributed by atoms with Gasteiger partial charge >= 0.3 is 0 Å². The fraction of sp³-hybridized carbons (Fsp3) is 0.167. The maximum Gasteiger partial charge on any atom is 0.137 e. The van der Waals surface area contributed by atoms with Gasteiger partial charge < -0.3 is 4.98 Å². The quantitative estimate of drug-likeness (QED) is 0.783. The molecule has 0 fully saturated rings. The Bertz CT molecular complexity index is 859. The second-order valence-electron chi connectivity index (χ2n) is 5.39. The van der Waals surface area contributed by atoms with E-state index in [1.54, 1.807) is 12.4 Å². The number of aliphatic imine (C=N–C) groups is 1. The lowest BCUT2D eigenvalue weighted by Gasteiger charge is -2.16. The van der Waals surface area contributed by atoms with Crippen LogP contribution in [0.15, 0.2) is 59.6 Å². The normalized spacial score (nSPS) is 16.9. The van der Waals surface area contributed by atoms with Gasteiger partial charge in [0.25, 0.3) is 0 Å². The summed E-state index contributed by atoms with van der Waals surface area (Å²) in [6.45, 7) is 0.886. The number of allylic oxidation sites excluding steroid dienone is 1. The topological polar surface area (TPSA) is 53.9 Å². The Kier molecular flexibility index (Phi) is 3.27. The van der Waals surface area contributed by atoms with E-state index in [2.05, 4.69) is 33.2 Å². The van der Waals surface area contributed by atoms with Gasteiger partial charge in [0.1, 0.15) is 5.65 Å². The van der Waals surface area contributed by atoms with Gasteiger partial charge in [-0.3, -0.25) is 9.98 Å². The first-order chi connectivity index (χ1) is 10.9. The van der Waals surface area contributed by atoms with Crippen molar-refractivity contribution >= 4 is 22.8 Å². The van der Waals surface area contributed by atoms with Crippen LogP contribution in [0.2, 0.25) is 0 Å². The molecule has 108 valence electrons. The van der Waals surface area contributed by atoms with E-state index < -0.39 is 0 Å². The molecule has 0 saturated carbocycles. The Morgan fingerprint density at radius 2 is 2.09 bits per heavy atom. The van der Waals surface area contributed by atoms with Crippen molar-refractivity contribution < 1.29 is 0 Å². The molecule has 4 heterocycles. The molecule has 1 N–H and O–H groups in total. The zero-order valence-corrected chi connectivity index (χ0v) is 12.2. The third-order valence-corrected chi connectivity index (χ3v) is 3.93. The van der Waals surface area contributed by atoms with E-state index >= 15 is 0 Å². The van der Waals surface area contributed by atoms with E-state index in [0.29, 0.717) is 0 Å². The zero-order chi connectivity index (χ0) is 14.8. The second-order valence-corrected chi connectivity index (χ2v) is 5.39. The largest absolute Gasteiger partial charge is 0.346 e. The molecule has 0 radical (unpaired) electrons. The van der Waals surface area contributed by atoms with Crippen LogP contribution in [0.4, 0.5) is 0 Å². The van der Waals surface area contributed by atoms with Gasteiger partial charge in [0.15, 0.2) is 0 Å². The van der Waals surface area contributed by atoms with Crippen molar-refractivity contribution in [3.8, 4) is 0 Å². The number of hydrogen-bond acceptors (Lipinski definition) is 3. The van der Waals surface area contributed by atoms with Gasteiger partial charge in [0, 0.05) is 47.8 Å². The van der Waals surface area contributed by atoms with Crippen molar-refractivity contribution in [1.82, 2.24) is 15.0 Å². The molecule has 0 bridgehead atoms. The Morgan fingerprint density at radius 1 is 1.14 bits per heavy atom. The SMILES string of the molecule is C(=C1CCCN=C1c1cccnc1)c1c[nH]c2ncccc12. The molecule has 0 aromatic carbocycles. The monoisotopic (exact) mass is 288 g/mol. The van der Waals surface area contributed by atoms with Crippen molar-refractivity contribution in [2.24, 2.45) is 4.99 Å². The zero-order valence-electron chi connectivity index (χ0n) is 12.2. The molecule has 0 aliphatic carbocycles. The van der Waals surface area contributed by atoms with Crippen LogP contribution in [0.5, 0.6) is 0 Å². The van der Waals surface area contributed by atoms with Gasteiger partial charge in [-0.2, -0.15) is 0 Å². The van der Waals surface area contributed by atoms with E-state index in [-0.39, 0.29) is 0 Å². The average molecular weight is 288 g/mol. The van der Waals surface area contributed by atoms with Crippen LogP contribution in [-0.2, 0) is 0 Å². The number of rotatable bonds is 2. The predicted molar refractivity (Wildman–Crippen MR) is 88.9 cm³/mol. The number of hydrogen-bond donors (Lipinski definition) is 1. The number of pyridine rings is 2. The molecule has 0 amide bonds. The molecule has 4 heteroatoms. The lowest BCUT2D eigenvalue weighted by atomic mass is 9.95.